The second kappa shape index (κ2) is 6.33. The van der Waals surface area contributed by atoms with Crippen LogP contribution in [0.1, 0.15) is 5.56 Å². The Hall–Kier alpha value is -2.25. The van der Waals surface area contributed by atoms with Gasteiger partial charge in [0, 0.05) is 16.3 Å². The van der Waals surface area contributed by atoms with E-state index in [9.17, 15) is 17.2 Å². The highest BCUT2D eigenvalue weighted by atomic mass is 32.2. The van der Waals surface area contributed by atoms with Gasteiger partial charge >= 0.3 is 0 Å². The van der Waals surface area contributed by atoms with Crippen molar-refractivity contribution in [2.45, 2.75) is 11.8 Å². The maximum absolute atomic E-state index is 13.3. The molecule has 0 radical (unpaired) electrons. The average molecular weight is 365 g/mol. The fourth-order valence-electron chi connectivity index (χ4n) is 2.31. The summed E-state index contributed by atoms with van der Waals surface area (Å²) in [5.41, 5.74) is 1.34. The molecule has 1 N–H and O–H groups in total. The molecule has 1 aromatic heterocycles. The van der Waals surface area contributed by atoms with Crippen LogP contribution >= 0.6 is 11.3 Å². The highest BCUT2D eigenvalue weighted by molar-refractivity contribution is 7.92. The van der Waals surface area contributed by atoms with E-state index < -0.39 is 21.7 Å². The van der Waals surface area contributed by atoms with Gasteiger partial charge in [-0.3, -0.25) is 4.72 Å². The highest BCUT2D eigenvalue weighted by Crippen LogP contribution is 2.32. The number of nitrogens with one attached hydrogen (secondary N) is 1. The molecule has 0 bridgehead atoms. The van der Waals surface area contributed by atoms with E-state index in [-0.39, 0.29) is 4.90 Å². The number of halogens is 2. The van der Waals surface area contributed by atoms with Gasteiger partial charge in [-0.25, -0.2) is 17.2 Å². The Balaban J connectivity index is 1.90. The van der Waals surface area contributed by atoms with Crippen LogP contribution in [0.3, 0.4) is 0 Å². The van der Waals surface area contributed by atoms with Crippen LogP contribution in [0.25, 0.3) is 10.4 Å². The third-order valence-electron chi connectivity index (χ3n) is 3.38. The van der Waals surface area contributed by atoms with E-state index >= 15 is 0 Å². The number of benzene rings is 2. The van der Waals surface area contributed by atoms with Crippen LogP contribution in [0.2, 0.25) is 0 Å². The largest absolute Gasteiger partial charge is 0.279 e. The summed E-state index contributed by atoms with van der Waals surface area (Å²) in [5, 5.41) is 1.59. The maximum Gasteiger partial charge on any atom is 0.262 e. The molecule has 0 fully saturated rings. The number of thiophene rings is 1. The number of hydrogen-bond donors (Lipinski definition) is 1. The van der Waals surface area contributed by atoms with Gasteiger partial charge in [-0.15, -0.1) is 11.3 Å². The molecular formula is C17H13F2NO2S2. The third-order valence-corrected chi connectivity index (χ3v) is 5.90. The van der Waals surface area contributed by atoms with Gasteiger partial charge in [-0.1, -0.05) is 18.2 Å². The minimum Gasteiger partial charge on any atom is -0.279 e. The number of aryl methyl sites for hydroxylation is 1. The molecule has 0 amide bonds. The van der Waals surface area contributed by atoms with Gasteiger partial charge < -0.3 is 0 Å². The average Bonchev–Trinajstić information content (AvgIpc) is 2.94. The molecule has 1 heterocycles. The van der Waals surface area contributed by atoms with Crippen molar-refractivity contribution in [3.63, 3.8) is 0 Å². The molecule has 3 rings (SSSR count). The van der Waals surface area contributed by atoms with Gasteiger partial charge in [0.15, 0.2) is 0 Å². The molecule has 0 saturated heterocycles. The molecule has 24 heavy (non-hydrogen) atoms. The second-order valence-electron chi connectivity index (χ2n) is 5.23. The van der Waals surface area contributed by atoms with E-state index in [4.69, 9.17) is 0 Å². The molecule has 0 unspecified atom stereocenters. The molecule has 0 saturated carbocycles. The van der Waals surface area contributed by atoms with Gasteiger partial charge in [0.2, 0.25) is 0 Å². The maximum atomic E-state index is 13.3. The fraction of sp³-hybridized carbons (Fsp3) is 0.0588. The lowest BCUT2D eigenvalue weighted by atomic mass is 10.2. The first-order chi connectivity index (χ1) is 11.3. The summed E-state index contributed by atoms with van der Waals surface area (Å²) in [5.74, 6) is -1.36. The van der Waals surface area contributed by atoms with Crippen LogP contribution in [0, 0.1) is 18.6 Å². The van der Waals surface area contributed by atoms with Crippen molar-refractivity contribution in [3.05, 3.63) is 71.1 Å². The van der Waals surface area contributed by atoms with Gasteiger partial charge in [0.1, 0.15) is 11.6 Å². The number of hydrogen-bond acceptors (Lipinski definition) is 3. The molecule has 0 aliphatic heterocycles. The quantitative estimate of drug-likeness (QED) is 0.722. The van der Waals surface area contributed by atoms with E-state index in [1.54, 1.807) is 36.6 Å². The van der Waals surface area contributed by atoms with Crippen LogP contribution < -0.4 is 4.72 Å². The van der Waals surface area contributed by atoms with Crippen molar-refractivity contribution in [2.24, 2.45) is 0 Å². The lowest BCUT2D eigenvalue weighted by Gasteiger charge is -2.08. The van der Waals surface area contributed by atoms with Crippen molar-refractivity contribution in [3.8, 4) is 10.4 Å². The van der Waals surface area contributed by atoms with Crippen LogP contribution in [0.15, 0.2) is 58.8 Å². The Bertz CT molecular complexity index is 977. The number of rotatable bonds is 4. The van der Waals surface area contributed by atoms with Gasteiger partial charge in [-0.05, 0) is 42.3 Å². The van der Waals surface area contributed by atoms with Gasteiger partial charge in [-0.2, -0.15) is 0 Å². The van der Waals surface area contributed by atoms with Crippen molar-refractivity contribution < 1.29 is 17.2 Å². The summed E-state index contributed by atoms with van der Waals surface area (Å²) < 4.78 is 54.0. The Morgan fingerprint density at radius 1 is 1.00 bits per heavy atom. The van der Waals surface area contributed by atoms with Crippen molar-refractivity contribution in [1.29, 1.82) is 0 Å². The standard InChI is InChI=1S/C17H13F2NO2S2/c1-11-4-2-3-5-17(11)24(21,22)20-15-9-16(23-10-15)12-6-13(18)8-14(19)7-12/h2-10,20H,1H3. The SMILES string of the molecule is Cc1ccccc1S(=O)(=O)Nc1csc(-c2cc(F)cc(F)c2)c1. The zero-order valence-electron chi connectivity index (χ0n) is 12.6. The normalized spacial score (nSPS) is 11.5. The van der Waals surface area contributed by atoms with E-state index in [2.05, 4.69) is 4.72 Å². The first-order valence-electron chi connectivity index (χ1n) is 6.98. The summed E-state index contributed by atoms with van der Waals surface area (Å²) in [6.45, 7) is 1.71. The Morgan fingerprint density at radius 3 is 2.33 bits per heavy atom. The molecule has 0 spiro atoms. The van der Waals surface area contributed by atoms with Crippen molar-refractivity contribution >= 4 is 27.0 Å². The Labute approximate surface area is 142 Å². The molecule has 124 valence electrons. The van der Waals surface area contributed by atoms with E-state index in [0.717, 1.165) is 6.07 Å². The van der Waals surface area contributed by atoms with Crippen LogP contribution in [0.4, 0.5) is 14.5 Å². The molecule has 0 atom stereocenters. The highest BCUT2D eigenvalue weighted by Gasteiger charge is 2.17. The smallest absolute Gasteiger partial charge is 0.262 e. The zero-order chi connectivity index (χ0) is 17.3. The predicted octanol–water partition coefficient (Wildman–Crippen LogP) is 4.80. The molecule has 2 aromatic carbocycles. The number of anilines is 1. The Kier molecular flexibility index (Phi) is 4.38. The summed E-state index contributed by atoms with van der Waals surface area (Å²) in [6.07, 6.45) is 0. The molecule has 3 aromatic rings. The fourth-order valence-corrected chi connectivity index (χ4v) is 4.50. The minimum atomic E-state index is -3.72. The van der Waals surface area contributed by atoms with Crippen LogP contribution in [-0.4, -0.2) is 8.42 Å². The summed E-state index contributed by atoms with van der Waals surface area (Å²) >= 11 is 1.20. The second-order valence-corrected chi connectivity index (χ2v) is 7.79. The topological polar surface area (TPSA) is 46.2 Å². The monoisotopic (exact) mass is 365 g/mol. The molecule has 0 aliphatic carbocycles. The lowest BCUT2D eigenvalue weighted by molar-refractivity contribution is 0.584. The lowest BCUT2D eigenvalue weighted by Crippen LogP contribution is -2.13. The molecule has 7 heteroatoms. The van der Waals surface area contributed by atoms with Crippen LogP contribution in [-0.2, 0) is 10.0 Å². The summed E-state index contributed by atoms with van der Waals surface area (Å²) in [6, 6.07) is 11.4. The van der Waals surface area contributed by atoms with Gasteiger partial charge in [0.25, 0.3) is 10.0 Å². The predicted molar refractivity (Wildman–Crippen MR) is 91.7 cm³/mol. The van der Waals surface area contributed by atoms with E-state index in [1.165, 1.54) is 29.5 Å². The molecule has 0 aliphatic rings. The van der Waals surface area contributed by atoms with E-state index in [1.807, 2.05) is 0 Å². The van der Waals surface area contributed by atoms with Crippen molar-refractivity contribution in [1.82, 2.24) is 0 Å². The number of sulfonamides is 1. The van der Waals surface area contributed by atoms with Crippen molar-refractivity contribution in [2.75, 3.05) is 4.72 Å². The first-order valence-corrected chi connectivity index (χ1v) is 9.35. The van der Waals surface area contributed by atoms with E-state index in [0.29, 0.717) is 21.7 Å². The Morgan fingerprint density at radius 2 is 1.67 bits per heavy atom. The van der Waals surface area contributed by atoms with Gasteiger partial charge in [0.05, 0.1) is 10.6 Å². The third kappa shape index (κ3) is 3.47. The molecule has 3 nitrogen and oxygen atoms in total. The van der Waals surface area contributed by atoms with Crippen LogP contribution in [0.5, 0.6) is 0 Å². The molecular weight excluding hydrogens is 352 g/mol. The first kappa shape index (κ1) is 16.6. The summed E-state index contributed by atoms with van der Waals surface area (Å²) in [4.78, 5) is 0.755. The minimum absolute atomic E-state index is 0.189. The summed E-state index contributed by atoms with van der Waals surface area (Å²) in [7, 11) is -3.72. The zero-order valence-corrected chi connectivity index (χ0v) is 14.2.